The van der Waals surface area contributed by atoms with Crippen molar-refractivity contribution in [3.05, 3.63) is 70.2 Å². The van der Waals surface area contributed by atoms with Gasteiger partial charge in [-0.1, -0.05) is 6.07 Å². The zero-order chi connectivity index (χ0) is 20.7. The van der Waals surface area contributed by atoms with Crippen LogP contribution in [0, 0.1) is 12.7 Å². The Hall–Kier alpha value is -3.42. The number of carbonyl (C=O) groups excluding carboxylic acids is 1. The molecule has 0 bridgehead atoms. The van der Waals surface area contributed by atoms with Gasteiger partial charge in [-0.2, -0.15) is 5.10 Å². The van der Waals surface area contributed by atoms with E-state index in [1.165, 1.54) is 23.1 Å². The van der Waals surface area contributed by atoms with E-state index in [-0.39, 0.29) is 23.8 Å². The van der Waals surface area contributed by atoms with Crippen molar-refractivity contribution in [3.63, 3.8) is 0 Å². The Morgan fingerprint density at radius 3 is 2.79 bits per heavy atom. The van der Waals surface area contributed by atoms with E-state index in [4.69, 9.17) is 9.52 Å². The number of carbonyl (C=O) groups is 2. The summed E-state index contributed by atoms with van der Waals surface area (Å²) in [5.74, 6) is -1.04. The molecule has 4 rings (SSSR count). The SMILES string of the molecule is Cc1oc(CN(C)C(=O)c2nn(-c3cccc(F)c3)c3c2CCC3)cc1C(=O)O. The number of furan rings is 1. The van der Waals surface area contributed by atoms with Gasteiger partial charge < -0.3 is 14.4 Å². The number of amides is 1. The number of hydrogen-bond acceptors (Lipinski definition) is 4. The third-order valence-electron chi connectivity index (χ3n) is 5.12. The minimum atomic E-state index is -1.07. The summed E-state index contributed by atoms with van der Waals surface area (Å²) in [6, 6.07) is 7.55. The van der Waals surface area contributed by atoms with E-state index in [1.807, 2.05) is 0 Å². The van der Waals surface area contributed by atoms with Gasteiger partial charge in [0.25, 0.3) is 5.91 Å². The summed E-state index contributed by atoms with van der Waals surface area (Å²) in [4.78, 5) is 25.7. The Labute approximate surface area is 166 Å². The second-order valence-corrected chi connectivity index (χ2v) is 7.17. The number of carboxylic acids is 1. The Morgan fingerprint density at radius 2 is 2.10 bits per heavy atom. The maximum absolute atomic E-state index is 13.7. The fraction of sp³-hybridized carbons (Fsp3) is 0.286. The molecular formula is C21H20FN3O4. The van der Waals surface area contributed by atoms with Gasteiger partial charge in [0.15, 0.2) is 5.69 Å². The molecule has 1 amide bonds. The Morgan fingerprint density at radius 1 is 1.31 bits per heavy atom. The Bertz CT molecular complexity index is 1120. The van der Waals surface area contributed by atoms with E-state index < -0.39 is 5.97 Å². The smallest absolute Gasteiger partial charge is 0.339 e. The molecule has 0 fully saturated rings. The Balaban J connectivity index is 1.63. The van der Waals surface area contributed by atoms with Crippen LogP contribution in [0.1, 0.15) is 50.0 Å². The molecule has 8 heteroatoms. The van der Waals surface area contributed by atoms with Gasteiger partial charge in [0.2, 0.25) is 0 Å². The van der Waals surface area contributed by atoms with Gasteiger partial charge in [-0.05, 0) is 50.5 Å². The molecule has 7 nitrogen and oxygen atoms in total. The Kier molecular flexibility index (Phi) is 4.70. The first-order valence-corrected chi connectivity index (χ1v) is 9.30. The van der Waals surface area contributed by atoms with Crippen LogP contribution in [0.2, 0.25) is 0 Å². The van der Waals surface area contributed by atoms with Crippen LogP contribution >= 0.6 is 0 Å². The topological polar surface area (TPSA) is 88.6 Å². The highest BCUT2D eigenvalue weighted by molar-refractivity contribution is 5.94. The quantitative estimate of drug-likeness (QED) is 0.713. The molecule has 2 aromatic heterocycles. The van der Waals surface area contributed by atoms with Crippen LogP contribution in [0.5, 0.6) is 0 Å². The molecule has 0 atom stereocenters. The lowest BCUT2D eigenvalue weighted by Gasteiger charge is -2.15. The molecule has 0 radical (unpaired) electrons. The first-order valence-electron chi connectivity index (χ1n) is 9.30. The highest BCUT2D eigenvalue weighted by Gasteiger charge is 2.29. The second kappa shape index (κ2) is 7.20. The predicted molar refractivity (Wildman–Crippen MR) is 102 cm³/mol. The average Bonchev–Trinajstić information content (AvgIpc) is 3.36. The number of carboxylic acid groups (broad SMARTS) is 1. The summed E-state index contributed by atoms with van der Waals surface area (Å²) in [7, 11) is 1.61. The normalized spacial score (nSPS) is 12.8. The largest absolute Gasteiger partial charge is 0.478 e. The number of hydrogen-bond donors (Lipinski definition) is 1. The molecule has 3 aromatic rings. The van der Waals surface area contributed by atoms with Gasteiger partial charge >= 0.3 is 5.97 Å². The zero-order valence-electron chi connectivity index (χ0n) is 16.1. The van der Waals surface area contributed by atoms with Crippen molar-refractivity contribution >= 4 is 11.9 Å². The van der Waals surface area contributed by atoms with Crippen LogP contribution in [-0.4, -0.2) is 38.7 Å². The summed E-state index contributed by atoms with van der Waals surface area (Å²) in [6.07, 6.45) is 2.42. The van der Waals surface area contributed by atoms with Gasteiger partial charge in [-0.25, -0.2) is 13.9 Å². The highest BCUT2D eigenvalue weighted by atomic mass is 19.1. The van der Waals surface area contributed by atoms with Gasteiger partial charge in [0.1, 0.15) is 22.9 Å². The molecule has 2 heterocycles. The van der Waals surface area contributed by atoms with Crippen LogP contribution < -0.4 is 0 Å². The summed E-state index contributed by atoms with van der Waals surface area (Å²) in [6.45, 7) is 1.69. The summed E-state index contributed by atoms with van der Waals surface area (Å²) < 4.78 is 20.8. The average molecular weight is 397 g/mol. The number of aromatic carboxylic acids is 1. The molecule has 1 aliphatic carbocycles. The van der Waals surface area contributed by atoms with Crippen LogP contribution in [-0.2, 0) is 19.4 Å². The maximum Gasteiger partial charge on any atom is 0.339 e. The number of halogens is 1. The van der Waals surface area contributed by atoms with Crippen LogP contribution in [0.25, 0.3) is 5.69 Å². The van der Waals surface area contributed by atoms with E-state index in [9.17, 15) is 14.0 Å². The van der Waals surface area contributed by atoms with Gasteiger partial charge in [0.05, 0.1) is 12.2 Å². The molecule has 0 saturated heterocycles. The summed E-state index contributed by atoms with van der Waals surface area (Å²) in [5, 5.41) is 13.6. The monoisotopic (exact) mass is 397 g/mol. The van der Waals surface area contributed by atoms with Gasteiger partial charge in [0, 0.05) is 18.3 Å². The van der Waals surface area contributed by atoms with Crippen molar-refractivity contribution in [2.75, 3.05) is 7.05 Å². The van der Waals surface area contributed by atoms with E-state index >= 15 is 0 Å². The second-order valence-electron chi connectivity index (χ2n) is 7.17. The molecule has 29 heavy (non-hydrogen) atoms. The van der Waals surface area contributed by atoms with E-state index in [0.29, 0.717) is 22.9 Å². The molecule has 1 aromatic carbocycles. The summed E-state index contributed by atoms with van der Waals surface area (Å²) in [5.41, 5.74) is 2.81. The number of fused-ring (bicyclic) bond motifs is 1. The standard InChI is InChI=1S/C21H20FN3O4/c1-12-17(21(27)28)10-15(29-12)11-24(2)20(26)19-16-7-4-8-18(16)25(23-19)14-6-3-5-13(22)9-14/h3,5-6,9-10H,4,7-8,11H2,1-2H3,(H,27,28). The van der Waals surface area contributed by atoms with E-state index in [1.54, 1.807) is 30.8 Å². The number of aryl methyl sites for hydroxylation is 1. The molecule has 0 aliphatic heterocycles. The minimum Gasteiger partial charge on any atom is -0.478 e. The highest BCUT2D eigenvalue weighted by Crippen LogP contribution is 2.29. The molecule has 0 unspecified atom stereocenters. The van der Waals surface area contributed by atoms with Crippen molar-refractivity contribution in [2.45, 2.75) is 32.7 Å². The van der Waals surface area contributed by atoms with Crippen molar-refractivity contribution in [3.8, 4) is 5.69 Å². The van der Waals surface area contributed by atoms with Crippen molar-refractivity contribution in [2.24, 2.45) is 0 Å². The molecule has 1 N–H and O–H groups in total. The lowest BCUT2D eigenvalue weighted by Crippen LogP contribution is -2.27. The number of nitrogens with zero attached hydrogens (tertiary/aromatic N) is 3. The zero-order valence-corrected chi connectivity index (χ0v) is 16.1. The third kappa shape index (κ3) is 3.41. The van der Waals surface area contributed by atoms with Crippen LogP contribution in [0.3, 0.4) is 0 Å². The van der Waals surface area contributed by atoms with E-state index in [0.717, 1.165) is 30.5 Å². The first kappa shape index (κ1) is 18.9. The predicted octanol–water partition coefficient (Wildman–Crippen LogP) is 3.37. The van der Waals surface area contributed by atoms with Crippen molar-refractivity contribution in [1.29, 1.82) is 0 Å². The summed E-state index contributed by atoms with van der Waals surface area (Å²) >= 11 is 0. The van der Waals surface area contributed by atoms with Gasteiger partial charge in [-0.3, -0.25) is 4.79 Å². The number of aromatic nitrogens is 2. The van der Waals surface area contributed by atoms with E-state index in [2.05, 4.69) is 5.10 Å². The molecule has 150 valence electrons. The molecule has 0 spiro atoms. The van der Waals surface area contributed by atoms with Crippen molar-refractivity contribution < 1.29 is 23.5 Å². The lowest BCUT2D eigenvalue weighted by molar-refractivity contribution is 0.0694. The minimum absolute atomic E-state index is 0.0807. The molecular weight excluding hydrogens is 377 g/mol. The fourth-order valence-corrected chi connectivity index (χ4v) is 3.75. The number of rotatable bonds is 5. The first-order chi connectivity index (χ1) is 13.8. The van der Waals surface area contributed by atoms with Crippen LogP contribution in [0.4, 0.5) is 4.39 Å². The fourth-order valence-electron chi connectivity index (χ4n) is 3.75. The van der Waals surface area contributed by atoms with Gasteiger partial charge in [-0.15, -0.1) is 0 Å². The lowest BCUT2D eigenvalue weighted by atomic mass is 10.2. The maximum atomic E-state index is 13.7. The van der Waals surface area contributed by atoms with Crippen molar-refractivity contribution in [1.82, 2.24) is 14.7 Å². The third-order valence-corrected chi connectivity index (χ3v) is 5.12. The van der Waals surface area contributed by atoms with Crippen LogP contribution in [0.15, 0.2) is 34.7 Å². The molecule has 1 aliphatic rings. The molecule has 0 saturated carbocycles. The number of benzene rings is 1.